The molecule has 1 aliphatic carbocycles. The maximum absolute atomic E-state index is 12.3. The van der Waals surface area contributed by atoms with Gasteiger partial charge in [0.15, 0.2) is 0 Å². The molecule has 3 heteroatoms. The Balaban J connectivity index is 2.01. The topological polar surface area (TPSA) is 46.3 Å². The van der Waals surface area contributed by atoms with Crippen molar-refractivity contribution in [3.63, 3.8) is 0 Å². The number of nitrogens with zero attached hydrogens (tertiary/aromatic N) is 1. The lowest BCUT2D eigenvalue weighted by Crippen LogP contribution is -2.51. The summed E-state index contributed by atoms with van der Waals surface area (Å²) in [5.41, 5.74) is 5.59. The van der Waals surface area contributed by atoms with Crippen molar-refractivity contribution in [3.05, 3.63) is 0 Å². The lowest BCUT2D eigenvalue weighted by atomic mass is 9.78. The first-order valence-corrected chi connectivity index (χ1v) is 7.06. The van der Waals surface area contributed by atoms with Gasteiger partial charge in [-0.25, -0.2) is 0 Å². The lowest BCUT2D eigenvalue weighted by molar-refractivity contribution is -0.138. The van der Waals surface area contributed by atoms with Crippen LogP contribution in [0.15, 0.2) is 0 Å². The lowest BCUT2D eigenvalue weighted by Gasteiger charge is -2.44. The van der Waals surface area contributed by atoms with Crippen LogP contribution in [0.2, 0.25) is 0 Å². The normalized spacial score (nSPS) is 29.9. The van der Waals surface area contributed by atoms with Crippen LogP contribution < -0.4 is 5.73 Å². The predicted molar refractivity (Wildman–Crippen MR) is 69.6 cm³/mol. The molecule has 1 heterocycles. The van der Waals surface area contributed by atoms with E-state index in [-0.39, 0.29) is 11.4 Å². The van der Waals surface area contributed by atoms with Crippen LogP contribution in [0.5, 0.6) is 0 Å². The smallest absolute Gasteiger partial charge is 0.224 e. The largest absolute Gasteiger partial charge is 0.339 e. The molecule has 1 saturated heterocycles. The van der Waals surface area contributed by atoms with E-state index in [0.717, 1.165) is 12.5 Å². The van der Waals surface area contributed by atoms with Crippen LogP contribution in [-0.4, -0.2) is 28.9 Å². The molecule has 2 rings (SSSR count). The molecular weight excluding hydrogens is 212 g/mol. The molecule has 0 aromatic heterocycles. The number of amides is 1. The van der Waals surface area contributed by atoms with E-state index in [1.807, 2.05) is 13.8 Å². The van der Waals surface area contributed by atoms with E-state index < -0.39 is 0 Å². The van der Waals surface area contributed by atoms with Crippen molar-refractivity contribution >= 4 is 5.91 Å². The molecule has 1 saturated carbocycles. The van der Waals surface area contributed by atoms with Crippen LogP contribution in [0.1, 0.15) is 58.8 Å². The molecule has 0 bridgehead atoms. The van der Waals surface area contributed by atoms with Gasteiger partial charge in [0.05, 0.1) is 0 Å². The third-order valence-electron chi connectivity index (χ3n) is 4.17. The molecule has 0 aromatic carbocycles. The number of carbonyl (C=O) groups is 1. The summed E-state index contributed by atoms with van der Waals surface area (Å²) in [4.78, 5) is 14.5. The zero-order chi connectivity index (χ0) is 12.5. The molecule has 1 amide bonds. The van der Waals surface area contributed by atoms with Gasteiger partial charge < -0.3 is 10.6 Å². The van der Waals surface area contributed by atoms with Gasteiger partial charge in [-0.1, -0.05) is 12.8 Å². The van der Waals surface area contributed by atoms with Crippen LogP contribution in [0.3, 0.4) is 0 Å². The first kappa shape index (κ1) is 12.9. The molecule has 2 aliphatic rings. The Labute approximate surface area is 105 Å². The quantitative estimate of drug-likeness (QED) is 0.802. The molecule has 0 unspecified atom stereocenters. The van der Waals surface area contributed by atoms with Crippen molar-refractivity contribution in [2.24, 2.45) is 11.7 Å². The van der Waals surface area contributed by atoms with Crippen molar-refractivity contribution in [2.45, 2.75) is 70.4 Å². The second kappa shape index (κ2) is 4.97. The summed E-state index contributed by atoms with van der Waals surface area (Å²) in [7, 11) is 0. The fourth-order valence-corrected chi connectivity index (χ4v) is 3.43. The van der Waals surface area contributed by atoms with Gasteiger partial charge in [0, 0.05) is 24.5 Å². The summed E-state index contributed by atoms with van der Waals surface area (Å²) in [5.74, 6) is 1.04. The highest BCUT2D eigenvalue weighted by Gasteiger charge is 2.36. The molecule has 0 spiro atoms. The summed E-state index contributed by atoms with van der Waals surface area (Å²) in [5, 5.41) is 0. The van der Waals surface area contributed by atoms with E-state index >= 15 is 0 Å². The van der Waals surface area contributed by atoms with Crippen LogP contribution in [0, 0.1) is 5.92 Å². The van der Waals surface area contributed by atoms with Gasteiger partial charge in [0.25, 0.3) is 0 Å². The number of nitrogens with two attached hydrogens (primary N) is 1. The van der Waals surface area contributed by atoms with Gasteiger partial charge in [-0.2, -0.15) is 0 Å². The maximum Gasteiger partial charge on any atom is 0.224 e. The second-order valence-corrected chi connectivity index (χ2v) is 6.51. The summed E-state index contributed by atoms with van der Waals surface area (Å²) in [6.07, 6.45) is 8.15. The molecule has 0 radical (unpaired) electrons. The highest BCUT2D eigenvalue weighted by molar-refractivity contribution is 5.77. The van der Waals surface area contributed by atoms with Crippen molar-refractivity contribution in [1.29, 1.82) is 0 Å². The fraction of sp³-hybridized carbons (Fsp3) is 0.929. The van der Waals surface area contributed by atoms with E-state index in [2.05, 4.69) is 4.90 Å². The third kappa shape index (κ3) is 3.21. The number of rotatable bonds is 2. The first-order valence-electron chi connectivity index (χ1n) is 7.06. The number of likely N-dealkylation sites (tertiary alicyclic amines) is 1. The monoisotopic (exact) mass is 238 g/mol. The number of hydrogen-bond acceptors (Lipinski definition) is 2. The second-order valence-electron chi connectivity index (χ2n) is 6.51. The van der Waals surface area contributed by atoms with Gasteiger partial charge in [0.1, 0.15) is 0 Å². The summed E-state index contributed by atoms with van der Waals surface area (Å²) >= 11 is 0. The molecule has 2 N–H and O–H groups in total. The summed E-state index contributed by atoms with van der Waals surface area (Å²) in [6, 6.07) is 0.521. The zero-order valence-electron chi connectivity index (χ0n) is 11.2. The summed E-state index contributed by atoms with van der Waals surface area (Å²) in [6.45, 7) is 4.83. The zero-order valence-corrected chi connectivity index (χ0v) is 11.2. The van der Waals surface area contributed by atoms with E-state index in [4.69, 9.17) is 5.73 Å². The van der Waals surface area contributed by atoms with Gasteiger partial charge >= 0.3 is 0 Å². The van der Waals surface area contributed by atoms with Crippen molar-refractivity contribution < 1.29 is 4.79 Å². The van der Waals surface area contributed by atoms with Crippen molar-refractivity contribution in [1.82, 2.24) is 4.90 Å². The average molecular weight is 238 g/mol. The van der Waals surface area contributed by atoms with Gasteiger partial charge in [-0.3, -0.25) is 4.79 Å². The minimum absolute atomic E-state index is 0.272. The Morgan fingerprint density at radius 3 is 2.59 bits per heavy atom. The van der Waals surface area contributed by atoms with Gasteiger partial charge in [-0.15, -0.1) is 0 Å². The van der Waals surface area contributed by atoms with E-state index in [1.54, 1.807) is 0 Å². The Kier molecular flexibility index (Phi) is 3.76. The Hall–Kier alpha value is -0.570. The Morgan fingerprint density at radius 1 is 1.24 bits per heavy atom. The van der Waals surface area contributed by atoms with Gasteiger partial charge in [0.2, 0.25) is 5.91 Å². The van der Waals surface area contributed by atoms with Gasteiger partial charge in [-0.05, 0) is 45.4 Å². The van der Waals surface area contributed by atoms with E-state index in [0.29, 0.717) is 12.5 Å². The van der Waals surface area contributed by atoms with Crippen LogP contribution in [0.25, 0.3) is 0 Å². The molecule has 17 heavy (non-hydrogen) atoms. The van der Waals surface area contributed by atoms with Crippen LogP contribution >= 0.6 is 0 Å². The fourth-order valence-electron chi connectivity index (χ4n) is 3.43. The number of fused-ring (bicyclic) bond motifs is 1. The highest BCUT2D eigenvalue weighted by Crippen LogP contribution is 2.35. The van der Waals surface area contributed by atoms with Crippen LogP contribution in [-0.2, 0) is 4.79 Å². The molecule has 2 atom stereocenters. The van der Waals surface area contributed by atoms with E-state index in [1.165, 1.54) is 38.5 Å². The molecule has 98 valence electrons. The Bertz CT molecular complexity index is 280. The number of carbonyl (C=O) groups excluding carboxylic acids is 1. The SMILES string of the molecule is CC(C)(N)CC(=O)N1CCC[C@H]2CCCC[C@H]21. The standard InChI is InChI=1S/C14H26N2O/c1-14(2,15)10-13(17)16-9-5-7-11-6-3-4-8-12(11)16/h11-12H,3-10,15H2,1-2H3/t11-,12-/m1/s1. The molecular formula is C14H26N2O. The number of hydrogen-bond donors (Lipinski definition) is 1. The molecule has 3 nitrogen and oxygen atoms in total. The third-order valence-corrected chi connectivity index (χ3v) is 4.17. The molecule has 2 fully saturated rings. The Morgan fingerprint density at radius 2 is 1.88 bits per heavy atom. The number of piperidine rings is 1. The van der Waals surface area contributed by atoms with E-state index in [9.17, 15) is 4.79 Å². The van der Waals surface area contributed by atoms with Crippen molar-refractivity contribution in [3.8, 4) is 0 Å². The predicted octanol–water partition coefficient (Wildman–Crippen LogP) is 2.29. The summed E-state index contributed by atoms with van der Waals surface area (Å²) < 4.78 is 0. The average Bonchev–Trinajstić information content (AvgIpc) is 2.26. The first-order chi connectivity index (χ1) is 7.97. The molecule has 1 aliphatic heterocycles. The minimum Gasteiger partial charge on any atom is -0.339 e. The maximum atomic E-state index is 12.3. The molecule has 0 aromatic rings. The van der Waals surface area contributed by atoms with Crippen LogP contribution in [0.4, 0.5) is 0 Å². The van der Waals surface area contributed by atoms with Crippen molar-refractivity contribution in [2.75, 3.05) is 6.54 Å². The minimum atomic E-state index is -0.376. The highest BCUT2D eigenvalue weighted by atomic mass is 16.2.